The first-order valence-corrected chi connectivity index (χ1v) is 17.8. The Morgan fingerprint density at radius 1 is 1.04 bits per heavy atom. The van der Waals surface area contributed by atoms with Crippen molar-refractivity contribution in [1.82, 2.24) is 20.2 Å². The molecule has 3 saturated carbocycles. The predicted molar refractivity (Wildman–Crippen MR) is 180 cm³/mol. The number of rotatable bonds is 8. The minimum atomic E-state index is -0.628. The fourth-order valence-electron chi connectivity index (χ4n) is 9.80. The maximum Gasteiger partial charge on any atom is 0.319 e. The summed E-state index contributed by atoms with van der Waals surface area (Å²) in [4.78, 5) is 14.2. The maximum absolute atomic E-state index is 17.2. The highest BCUT2D eigenvalue weighted by atomic mass is 35.5. The van der Waals surface area contributed by atoms with Gasteiger partial charge in [0.15, 0.2) is 5.82 Å². The molecule has 11 heteroatoms. The van der Waals surface area contributed by atoms with Crippen molar-refractivity contribution in [2.24, 2.45) is 5.92 Å². The number of hydrogen-bond donors (Lipinski definition) is 2. The van der Waals surface area contributed by atoms with Crippen LogP contribution < -0.4 is 15.0 Å². The largest absolute Gasteiger partial charge is 0.508 e. The first-order valence-electron chi connectivity index (χ1n) is 17.5. The van der Waals surface area contributed by atoms with Crippen LogP contribution in [0.4, 0.5) is 14.6 Å². The van der Waals surface area contributed by atoms with Gasteiger partial charge in [0.05, 0.1) is 24.8 Å². The molecule has 7 fully saturated rings. The number of ether oxygens (including phenoxy) is 2. The molecule has 0 radical (unpaired) electrons. The second kappa shape index (κ2) is 10.8. The summed E-state index contributed by atoms with van der Waals surface area (Å²) >= 11 is 7.03. The van der Waals surface area contributed by atoms with Gasteiger partial charge in [-0.1, -0.05) is 17.7 Å². The minimum Gasteiger partial charge on any atom is -0.508 e. The van der Waals surface area contributed by atoms with E-state index < -0.39 is 5.82 Å². The minimum absolute atomic E-state index is 0.0372. The van der Waals surface area contributed by atoms with Gasteiger partial charge in [-0.2, -0.15) is 9.97 Å². The summed E-state index contributed by atoms with van der Waals surface area (Å²) in [6, 6.07) is 9.76. The number of halogens is 3. The number of nitrogens with one attached hydrogen (secondary N) is 1. The molecular formula is C37H38ClF2N5O3. The Morgan fingerprint density at radius 2 is 1.81 bits per heavy atom. The zero-order chi connectivity index (χ0) is 32.3. The highest BCUT2D eigenvalue weighted by Gasteiger charge is 2.59. The van der Waals surface area contributed by atoms with Crippen molar-refractivity contribution in [3.8, 4) is 22.9 Å². The highest BCUT2D eigenvalue weighted by molar-refractivity contribution is 6.35. The third kappa shape index (κ3) is 4.48. The number of aromatic nitrogens is 2. The molecule has 4 aromatic rings. The van der Waals surface area contributed by atoms with E-state index in [1.54, 1.807) is 18.2 Å². The summed E-state index contributed by atoms with van der Waals surface area (Å²) in [5.74, 6) is 0.265. The van der Waals surface area contributed by atoms with E-state index in [1.807, 2.05) is 0 Å². The van der Waals surface area contributed by atoms with Crippen molar-refractivity contribution in [3.05, 3.63) is 52.6 Å². The van der Waals surface area contributed by atoms with E-state index in [9.17, 15) is 5.11 Å². The van der Waals surface area contributed by atoms with Crippen molar-refractivity contribution >= 4 is 39.1 Å². The zero-order valence-corrected chi connectivity index (χ0v) is 27.4. The van der Waals surface area contributed by atoms with Crippen LogP contribution in [0.1, 0.15) is 50.5 Å². The van der Waals surface area contributed by atoms with Crippen LogP contribution >= 0.6 is 11.6 Å². The SMILES string of the molecule is Oc1cc(-c2c(Cl)cc3c(N4CC5CCC(C4)N5)nc(OCCCN4C5COCC4C5)nc3c2F)c2c(C34CC(C3)C4)c(F)ccc2c1. The number of phenolic OH excluding ortho intramolecular Hbond substituents is 1. The number of morpholine rings is 1. The lowest BCUT2D eigenvalue weighted by molar-refractivity contribution is -0.127. The molecule has 250 valence electrons. The fraction of sp³-hybridized carbons (Fsp3) is 0.514. The summed E-state index contributed by atoms with van der Waals surface area (Å²) in [7, 11) is 0. The van der Waals surface area contributed by atoms with Crippen LogP contribution in [0, 0.1) is 17.6 Å². The molecule has 8 nitrogen and oxygen atoms in total. The number of piperazine rings is 1. The molecule has 4 aliphatic heterocycles. The topological polar surface area (TPSA) is 83.0 Å². The second-order valence-corrected chi connectivity index (χ2v) is 15.5. The van der Waals surface area contributed by atoms with Gasteiger partial charge in [0.25, 0.3) is 0 Å². The number of benzene rings is 3. The van der Waals surface area contributed by atoms with Crippen LogP contribution in [-0.4, -0.2) is 83.6 Å². The van der Waals surface area contributed by atoms with Gasteiger partial charge in [-0.25, -0.2) is 8.78 Å². The van der Waals surface area contributed by atoms with Crippen molar-refractivity contribution in [1.29, 1.82) is 0 Å². The molecule has 0 spiro atoms. The van der Waals surface area contributed by atoms with E-state index in [-0.39, 0.29) is 39.1 Å². The standard InChI is InChI=1S/C37H38ClF2N5O3/c38-28-11-27-34(33(40)31(28)26-10-25(46)8-20-2-5-29(39)32(30(20)26)37-12-19(13-37)14-37)42-36(43-35(27)44-15-21-3-4-22(16-44)41-21)48-7-1-6-45-23-9-24(45)18-47-17-23/h2,5,8,10-11,19,21-24,41,46H,1,3-4,6-7,9,12-18H2. The van der Waals surface area contributed by atoms with E-state index in [0.717, 1.165) is 71.4 Å². The predicted octanol–water partition coefficient (Wildman–Crippen LogP) is 6.32. The third-order valence-corrected chi connectivity index (χ3v) is 12.4. The summed E-state index contributed by atoms with van der Waals surface area (Å²) in [6.07, 6.45) is 6.93. The summed E-state index contributed by atoms with van der Waals surface area (Å²) < 4.78 is 44.8. The molecule has 4 atom stereocenters. The van der Waals surface area contributed by atoms with Crippen molar-refractivity contribution in [2.45, 2.75) is 74.5 Å². The van der Waals surface area contributed by atoms with Crippen molar-refractivity contribution in [2.75, 3.05) is 44.4 Å². The monoisotopic (exact) mass is 673 g/mol. The highest BCUT2D eigenvalue weighted by Crippen LogP contribution is 2.67. The molecule has 2 N–H and O–H groups in total. The van der Waals surface area contributed by atoms with E-state index in [1.165, 1.54) is 18.6 Å². The third-order valence-electron chi connectivity index (χ3n) is 12.1. The number of anilines is 1. The summed E-state index contributed by atoms with van der Waals surface area (Å²) in [5.41, 5.74) is 0.940. The normalized spacial score (nSPS) is 30.3. The Labute approximate surface area is 282 Å². The van der Waals surface area contributed by atoms with Gasteiger partial charge in [-0.3, -0.25) is 4.90 Å². The molecule has 3 aliphatic carbocycles. The Balaban J connectivity index is 1.08. The van der Waals surface area contributed by atoms with Crippen LogP contribution in [0.3, 0.4) is 0 Å². The molecule has 7 aliphatic rings. The Bertz CT molecular complexity index is 1950. The average Bonchev–Trinajstić information content (AvgIpc) is 3.37. The Hall–Kier alpha value is -3.31. The van der Waals surface area contributed by atoms with E-state index in [0.29, 0.717) is 69.8 Å². The fourth-order valence-corrected chi connectivity index (χ4v) is 10.1. The van der Waals surface area contributed by atoms with Crippen LogP contribution in [0.15, 0.2) is 30.3 Å². The van der Waals surface area contributed by atoms with Crippen molar-refractivity contribution < 1.29 is 23.4 Å². The average molecular weight is 674 g/mol. The van der Waals surface area contributed by atoms with Crippen LogP contribution in [-0.2, 0) is 10.2 Å². The number of nitrogens with zero attached hydrogens (tertiary/aromatic N) is 4. The molecule has 0 amide bonds. The number of phenols is 1. The molecule has 5 heterocycles. The molecule has 11 rings (SSSR count). The zero-order valence-electron chi connectivity index (χ0n) is 26.7. The van der Waals surface area contributed by atoms with Crippen LogP contribution in [0.25, 0.3) is 32.8 Å². The van der Waals surface area contributed by atoms with Gasteiger partial charge in [-0.05, 0) is 96.9 Å². The van der Waals surface area contributed by atoms with Gasteiger partial charge >= 0.3 is 6.01 Å². The van der Waals surface area contributed by atoms with E-state index in [4.69, 9.17) is 26.1 Å². The van der Waals surface area contributed by atoms with Crippen LogP contribution in [0.5, 0.6) is 11.8 Å². The van der Waals surface area contributed by atoms with Gasteiger partial charge < -0.3 is 24.8 Å². The lowest BCUT2D eigenvalue weighted by Crippen LogP contribution is -2.63. The summed E-state index contributed by atoms with van der Waals surface area (Å²) in [5, 5.41) is 16.4. The second-order valence-electron chi connectivity index (χ2n) is 15.1. The van der Waals surface area contributed by atoms with Gasteiger partial charge in [0, 0.05) is 60.3 Å². The molecule has 1 aromatic heterocycles. The molecule has 3 aromatic carbocycles. The maximum atomic E-state index is 17.2. The van der Waals surface area contributed by atoms with Gasteiger partial charge in [0.1, 0.15) is 22.9 Å². The first-order chi connectivity index (χ1) is 23.3. The van der Waals surface area contributed by atoms with Gasteiger partial charge in [-0.15, -0.1) is 0 Å². The number of aromatic hydroxyl groups is 1. The van der Waals surface area contributed by atoms with Crippen LogP contribution in [0.2, 0.25) is 5.02 Å². The quantitative estimate of drug-likeness (QED) is 0.210. The molecule has 48 heavy (non-hydrogen) atoms. The van der Waals surface area contributed by atoms with E-state index >= 15 is 8.78 Å². The lowest BCUT2D eigenvalue weighted by Gasteiger charge is -2.62. The molecular weight excluding hydrogens is 636 g/mol. The Morgan fingerprint density at radius 3 is 2.52 bits per heavy atom. The molecule has 6 bridgehead atoms. The smallest absolute Gasteiger partial charge is 0.319 e. The Kier molecular flexibility index (Phi) is 6.69. The number of fused-ring (bicyclic) bond motifs is 6. The summed E-state index contributed by atoms with van der Waals surface area (Å²) in [6.45, 7) is 4.36. The van der Waals surface area contributed by atoms with Crippen molar-refractivity contribution in [3.63, 3.8) is 0 Å². The molecule has 4 unspecified atom stereocenters. The number of hydrogen-bond acceptors (Lipinski definition) is 8. The lowest BCUT2D eigenvalue weighted by atomic mass is 9.42. The first kappa shape index (κ1) is 29.6. The van der Waals surface area contributed by atoms with Gasteiger partial charge in [0.2, 0.25) is 0 Å². The molecule has 4 saturated heterocycles. The van der Waals surface area contributed by atoms with E-state index in [2.05, 4.69) is 20.1 Å².